The second-order valence-corrected chi connectivity index (χ2v) is 7.77. The Labute approximate surface area is 168 Å². The molecule has 156 valence electrons. The molecule has 2 heterocycles. The zero-order valence-electron chi connectivity index (χ0n) is 16.8. The number of carbonyl (C=O) groups excluding carboxylic acids is 3. The van der Waals surface area contributed by atoms with Crippen LogP contribution < -0.4 is 9.47 Å². The number of esters is 1. The molecule has 0 aromatic heterocycles. The Morgan fingerprint density at radius 2 is 1.90 bits per heavy atom. The fourth-order valence-electron chi connectivity index (χ4n) is 5.51. The molecule has 1 spiro atoms. The third-order valence-corrected chi connectivity index (χ3v) is 6.71. The number of rotatable bonds is 4. The number of carbonyl (C=O) groups is 3. The minimum absolute atomic E-state index is 0.0879. The number of amides is 1. The maximum atomic E-state index is 13.3. The number of nitrogens with zero attached hydrogens (tertiary/aromatic N) is 1. The van der Waals surface area contributed by atoms with Gasteiger partial charge in [-0.1, -0.05) is 0 Å². The van der Waals surface area contributed by atoms with E-state index in [-0.39, 0.29) is 31.7 Å². The van der Waals surface area contributed by atoms with Crippen molar-refractivity contribution in [3.63, 3.8) is 0 Å². The summed E-state index contributed by atoms with van der Waals surface area (Å²) in [5.74, 6) is -0.391. The van der Waals surface area contributed by atoms with Crippen molar-refractivity contribution in [1.29, 1.82) is 0 Å². The topological polar surface area (TPSA) is 102 Å². The van der Waals surface area contributed by atoms with Crippen LogP contribution in [-0.2, 0) is 31.1 Å². The van der Waals surface area contributed by atoms with Crippen LogP contribution in [-0.4, -0.2) is 61.1 Å². The molecule has 1 aromatic carbocycles. The molecule has 1 saturated heterocycles. The minimum Gasteiger partial charge on any atom is -0.493 e. The lowest BCUT2D eigenvalue weighted by Gasteiger charge is -2.53. The highest BCUT2D eigenvalue weighted by Gasteiger charge is 2.75. The molecular weight excluding hydrogens is 378 g/mol. The number of hydrogen-bond acceptors (Lipinski definition) is 7. The summed E-state index contributed by atoms with van der Waals surface area (Å²) in [6.45, 7) is 2.09. The van der Waals surface area contributed by atoms with E-state index in [1.807, 2.05) is 6.07 Å². The summed E-state index contributed by atoms with van der Waals surface area (Å²) in [6.07, 6.45) is -0.863. The van der Waals surface area contributed by atoms with Crippen molar-refractivity contribution in [2.45, 2.75) is 44.2 Å². The predicted molar refractivity (Wildman–Crippen MR) is 101 cm³/mol. The lowest BCUT2D eigenvalue weighted by Crippen LogP contribution is -2.62. The summed E-state index contributed by atoms with van der Waals surface area (Å²) in [6, 6.07) is 3.62. The van der Waals surface area contributed by atoms with Crippen LogP contribution in [0.3, 0.4) is 0 Å². The van der Waals surface area contributed by atoms with Crippen molar-refractivity contribution < 1.29 is 33.7 Å². The zero-order valence-corrected chi connectivity index (χ0v) is 16.8. The lowest BCUT2D eigenvalue weighted by molar-refractivity contribution is -0.177. The number of ketones is 1. The molecule has 8 nitrogen and oxygen atoms in total. The maximum absolute atomic E-state index is 13.3. The van der Waals surface area contributed by atoms with Crippen LogP contribution in [0.2, 0.25) is 0 Å². The van der Waals surface area contributed by atoms with Crippen molar-refractivity contribution in [3.8, 4) is 11.5 Å². The normalized spacial score (nSPS) is 30.3. The number of aliphatic hydroxyl groups excluding tert-OH is 1. The summed E-state index contributed by atoms with van der Waals surface area (Å²) in [5.41, 5.74) is -1.21. The van der Waals surface area contributed by atoms with E-state index < -0.39 is 28.9 Å². The smallest absolute Gasteiger partial charge is 0.318 e. The second kappa shape index (κ2) is 6.73. The average Bonchev–Trinajstić information content (AvgIpc) is 2.92. The molecule has 1 saturated carbocycles. The Morgan fingerprint density at radius 1 is 1.21 bits per heavy atom. The molecule has 1 amide bonds. The molecule has 3 atom stereocenters. The number of fused-ring (bicyclic) bond motifs is 1. The molecule has 3 aliphatic rings. The number of methoxy groups -OCH3 is 2. The van der Waals surface area contributed by atoms with E-state index in [9.17, 15) is 19.5 Å². The van der Waals surface area contributed by atoms with Crippen LogP contribution in [0.5, 0.6) is 11.5 Å². The van der Waals surface area contributed by atoms with Crippen LogP contribution in [0.15, 0.2) is 12.1 Å². The van der Waals surface area contributed by atoms with Gasteiger partial charge < -0.3 is 24.2 Å². The van der Waals surface area contributed by atoms with Crippen LogP contribution in [0, 0.1) is 5.41 Å². The summed E-state index contributed by atoms with van der Waals surface area (Å²) in [4.78, 5) is 40.4. The lowest BCUT2D eigenvalue weighted by atomic mass is 9.56. The highest BCUT2D eigenvalue weighted by Crippen LogP contribution is 2.63. The van der Waals surface area contributed by atoms with Gasteiger partial charge in [0.05, 0.1) is 26.4 Å². The van der Waals surface area contributed by atoms with Gasteiger partial charge in [0.1, 0.15) is 11.2 Å². The molecule has 1 N–H and O–H groups in total. The molecule has 8 heteroatoms. The van der Waals surface area contributed by atoms with E-state index in [0.717, 1.165) is 5.56 Å². The third-order valence-electron chi connectivity index (χ3n) is 6.71. The van der Waals surface area contributed by atoms with Gasteiger partial charge in [-0.2, -0.15) is 0 Å². The van der Waals surface area contributed by atoms with Gasteiger partial charge in [-0.15, -0.1) is 0 Å². The number of ether oxygens (including phenoxy) is 3. The number of aliphatic hydroxyl groups is 1. The largest absolute Gasteiger partial charge is 0.493 e. The van der Waals surface area contributed by atoms with Gasteiger partial charge in [0.25, 0.3) is 5.91 Å². The van der Waals surface area contributed by atoms with Crippen LogP contribution in [0.4, 0.5) is 0 Å². The molecule has 2 aliphatic heterocycles. The molecule has 2 fully saturated rings. The van der Waals surface area contributed by atoms with Gasteiger partial charge in [-0.05, 0) is 43.0 Å². The predicted octanol–water partition coefficient (Wildman–Crippen LogP) is 0.961. The summed E-state index contributed by atoms with van der Waals surface area (Å²) in [7, 11) is 3.06. The fourth-order valence-corrected chi connectivity index (χ4v) is 5.51. The molecule has 0 bridgehead atoms. The van der Waals surface area contributed by atoms with E-state index in [2.05, 4.69) is 0 Å². The molecule has 4 rings (SSSR count). The molecule has 0 radical (unpaired) electrons. The Hall–Kier alpha value is -2.61. The van der Waals surface area contributed by atoms with Gasteiger partial charge in [0, 0.05) is 19.4 Å². The average molecular weight is 403 g/mol. The van der Waals surface area contributed by atoms with Gasteiger partial charge in [0.15, 0.2) is 17.6 Å². The van der Waals surface area contributed by atoms with Gasteiger partial charge in [0.2, 0.25) is 0 Å². The second-order valence-electron chi connectivity index (χ2n) is 7.77. The van der Waals surface area contributed by atoms with Crippen molar-refractivity contribution in [1.82, 2.24) is 4.90 Å². The summed E-state index contributed by atoms with van der Waals surface area (Å²) in [5, 5.41) is 11.0. The van der Waals surface area contributed by atoms with Crippen molar-refractivity contribution in [2.75, 3.05) is 27.4 Å². The molecule has 1 unspecified atom stereocenters. The first-order chi connectivity index (χ1) is 13.9. The monoisotopic (exact) mass is 403 g/mol. The standard InChI is InChI=1S/C21H25NO7/c1-4-29-19(26)20-11-13(23)5-7-21(20)14-10-16(28-3)15(27-2)9-12(14)6-8-22(21)18(25)17(20)24/h9-10,17,24H,4-8,11H2,1-3H3/t17?,20-,21+/m0/s1. The fraction of sp³-hybridized carbons (Fsp3) is 0.571. The first-order valence-corrected chi connectivity index (χ1v) is 9.81. The van der Waals surface area contributed by atoms with Gasteiger partial charge in [-0.3, -0.25) is 14.4 Å². The highest BCUT2D eigenvalue weighted by atomic mass is 16.5. The van der Waals surface area contributed by atoms with Gasteiger partial charge in [-0.25, -0.2) is 0 Å². The SMILES string of the molecule is CCOC(=O)[C@@]12CC(=O)CC[C@@]13c1cc(OC)c(OC)cc1CCN3C(=O)C2O. The molecular formula is C21H25NO7. The Morgan fingerprint density at radius 3 is 2.55 bits per heavy atom. The number of Topliss-reactive ketones (excluding diaryl/α,β-unsaturated/α-hetero) is 1. The molecule has 29 heavy (non-hydrogen) atoms. The quantitative estimate of drug-likeness (QED) is 0.747. The summed E-state index contributed by atoms with van der Waals surface area (Å²) < 4.78 is 16.2. The third kappa shape index (κ3) is 2.32. The first kappa shape index (κ1) is 19.7. The first-order valence-electron chi connectivity index (χ1n) is 9.81. The van der Waals surface area contributed by atoms with E-state index >= 15 is 0 Å². The van der Waals surface area contributed by atoms with E-state index in [1.54, 1.807) is 25.0 Å². The van der Waals surface area contributed by atoms with Crippen molar-refractivity contribution in [3.05, 3.63) is 23.3 Å². The van der Waals surface area contributed by atoms with Gasteiger partial charge >= 0.3 is 5.97 Å². The van der Waals surface area contributed by atoms with E-state index in [1.165, 1.54) is 7.11 Å². The molecule has 1 aliphatic carbocycles. The summed E-state index contributed by atoms with van der Waals surface area (Å²) >= 11 is 0. The van der Waals surface area contributed by atoms with Crippen LogP contribution in [0.1, 0.15) is 37.3 Å². The van der Waals surface area contributed by atoms with Crippen molar-refractivity contribution >= 4 is 17.7 Å². The van der Waals surface area contributed by atoms with Crippen LogP contribution >= 0.6 is 0 Å². The highest BCUT2D eigenvalue weighted by molar-refractivity contribution is 6.01. The van der Waals surface area contributed by atoms with Crippen LogP contribution in [0.25, 0.3) is 0 Å². The van der Waals surface area contributed by atoms with Crippen molar-refractivity contribution in [2.24, 2.45) is 5.41 Å². The Balaban J connectivity index is 2.03. The molecule has 1 aromatic rings. The number of hydrogen-bond donors (Lipinski definition) is 1. The maximum Gasteiger partial charge on any atom is 0.318 e. The Kier molecular flexibility index (Phi) is 4.57. The van der Waals surface area contributed by atoms with E-state index in [0.29, 0.717) is 30.0 Å². The Bertz CT molecular complexity index is 897. The zero-order chi connectivity index (χ0) is 21.0. The number of benzene rings is 1. The minimum atomic E-state index is -1.68. The van der Waals surface area contributed by atoms with E-state index in [4.69, 9.17) is 14.2 Å².